The van der Waals surface area contributed by atoms with Gasteiger partial charge < -0.3 is 10.1 Å². The molecule has 0 spiro atoms. The fourth-order valence-electron chi connectivity index (χ4n) is 3.33. The number of thiophene rings is 1. The summed E-state index contributed by atoms with van der Waals surface area (Å²) >= 11 is 1.58. The number of fused-ring (bicyclic) bond motifs is 1. The van der Waals surface area contributed by atoms with Gasteiger partial charge in [-0.15, -0.1) is 11.3 Å². The van der Waals surface area contributed by atoms with Gasteiger partial charge in [0, 0.05) is 30.4 Å². The van der Waals surface area contributed by atoms with Crippen LogP contribution in [0.15, 0.2) is 0 Å². The van der Waals surface area contributed by atoms with E-state index in [1.54, 1.807) is 11.3 Å². The normalized spacial score (nSPS) is 24.2. The Morgan fingerprint density at radius 3 is 3.09 bits per heavy atom. The molecule has 1 N–H and O–H groups in total. The third-order valence-electron chi connectivity index (χ3n) is 4.65. The van der Waals surface area contributed by atoms with Crippen LogP contribution in [0, 0.1) is 11.3 Å². The molecule has 1 aromatic heterocycles. The van der Waals surface area contributed by atoms with Crippen molar-refractivity contribution in [2.24, 2.45) is 0 Å². The summed E-state index contributed by atoms with van der Waals surface area (Å²) in [5, 5.41) is 13.1. The molecule has 5 nitrogen and oxygen atoms in total. The number of nitrogens with zero attached hydrogens (tertiary/aromatic N) is 2. The van der Waals surface area contributed by atoms with E-state index in [0.717, 1.165) is 49.5 Å². The number of rotatable bonds is 4. The van der Waals surface area contributed by atoms with E-state index in [9.17, 15) is 10.1 Å². The van der Waals surface area contributed by atoms with Crippen molar-refractivity contribution < 1.29 is 9.53 Å². The highest BCUT2D eigenvalue weighted by Gasteiger charge is 2.25. The average molecular weight is 333 g/mol. The Balaban J connectivity index is 1.57. The lowest BCUT2D eigenvalue weighted by Crippen LogP contribution is -2.48. The summed E-state index contributed by atoms with van der Waals surface area (Å²) in [5.74, 6) is -0.00670. The Hall–Kier alpha value is -1.42. The van der Waals surface area contributed by atoms with Crippen molar-refractivity contribution >= 4 is 22.2 Å². The van der Waals surface area contributed by atoms with Crippen molar-refractivity contribution in [3.63, 3.8) is 0 Å². The van der Waals surface area contributed by atoms with E-state index in [1.165, 1.54) is 4.88 Å². The van der Waals surface area contributed by atoms with Crippen LogP contribution in [0.1, 0.15) is 42.7 Å². The van der Waals surface area contributed by atoms with Crippen molar-refractivity contribution in [2.75, 3.05) is 25.0 Å². The van der Waals surface area contributed by atoms with Gasteiger partial charge >= 0.3 is 0 Å². The molecule has 6 heteroatoms. The molecule has 2 atom stereocenters. The number of amides is 1. The van der Waals surface area contributed by atoms with Crippen LogP contribution in [0.25, 0.3) is 0 Å². The molecule has 0 unspecified atom stereocenters. The average Bonchev–Trinajstić information content (AvgIpc) is 3.08. The zero-order valence-corrected chi connectivity index (χ0v) is 14.5. The standard InChI is InChI=1S/C17H23N3O2S/c1-11-10-22-12(2)9-20(11)7-6-16(21)19-17-14(8-18)13-4-3-5-15(13)23-17/h11-12H,3-7,9-10H2,1-2H3,(H,19,21)/t11-,12+/m1/s1. The first-order valence-corrected chi connectivity index (χ1v) is 9.10. The molecule has 0 saturated carbocycles. The van der Waals surface area contributed by atoms with E-state index >= 15 is 0 Å². The van der Waals surface area contributed by atoms with Gasteiger partial charge in [-0.1, -0.05) is 0 Å². The highest BCUT2D eigenvalue weighted by Crippen LogP contribution is 2.38. The molecule has 1 aromatic rings. The zero-order chi connectivity index (χ0) is 16.4. The van der Waals surface area contributed by atoms with Crippen molar-refractivity contribution in [3.8, 4) is 6.07 Å². The second kappa shape index (κ2) is 7.00. The lowest BCUT2D eigenvalue weighted by Gasteiger charge is -2.36. The van der Waals surface area contributed by atoms with Crippen LogP contribution < -0.4 is 5.32 Å². The van der Waals surface area contributed by atoms with E-state index in [4.69, 9.17) is 4.74 Å². The van der Waals surface area contributed by atoms with Gasteiger partial charge in [-0.3, -0.25) is 9.69 Å². The Morgan fingerprint density at radius 1 is 1.48 bits per heavy atom. The second-order valence-electron chi connectivity index (χ2n) is 6.46. The molecule has 23 heavy (non-hydrogen) atoms. The maximum Gasteiger partial charge on any atom is 0.226 e. The number of hydrogen-bond acceptors (Lipinski definition) is 5. The molecule has 0 bridgehead atoms. The SMILES string of the molecule is C[C@@H]1CO[C@@H](C)CN1CCC(=O)Nc1sc2c(c1C#N)CCC2. The lowest BCUT2D eigenvalue weighted by molar-refractivity contribution is -0.117. The highest BCUT2D eigenvalue weighted by molar-refractivity contribution is 7.16. The van der Waals surface area contributed by atoms with Crippen molar-refractivity contribution in [1.82, 2.24) is 4.90 Å². The third kappa shape index (κ3) is 3.57. The molecule has 1 saturated heterocycles. The fourth-order valence-corrected chi connectivity index (χ4v) is 4.58. The summed E-state index contributed by atoms with van der Waals surface area (Å²) in [6, 6.07) is 2.61. The molecule has 124 valence electrons. The third-order valence-corrected chi connectivity index (χ3v) is 5.86. The van der Waals surface area contributed by atoms with E-state index in [-0.39, 0.29) is 12.0 Å². The minimum absolute atomic E-state index is 0.00670. The van der Waals surface area contributed by atoms with Gasteiger partial charge in [-0.05, 0) is 38.7 Å². The number of anilines is 1. The molecule has 1 aliphatic heterocycles. The highest BCUT2D eigenvalue weighted by atomic mass is 32.1. The van der Waals surface area contributed by atoms with E-state index in [0.29, 0.717) is 18.0 Å². The minimum atomic E-state index is -0.00670. The molecular weight excluding hydrogens is 310 g/mol. The van der Waals surface area contributed by atoms with Gasteiger partial charge in [0.15, 0.2) is 0 Å². The van der Waals surface area contributed by atoms with Gasteiger partial charge in [-0.2, -0.15) is 5.26 Å². The summed E-state index contributed by atoms with van der Waals surface area (Å²) in [4.78, 5) is 15.8. The zero-order valence-electron chi connectivity index (χ0n) is 13.7. The van der Waals surface area contributed by atoms with Gasteiger partial charge in [0.1, 0.15) is 11.1 Å². The van der Waals surface area contributed by atoms with Crippen LogP contribution in [0.2, 0.25) is 0 Å². The molecule has 2 heterocycles. The largest absolute Gasteiger partial charge is 0.376 e. The van der Waals surface area contributed by atoms with Crippen molar-refractivity contribution in [2.45, 2.75) is 51.7 Å². The fraction of sp³-hybridized carbons (Fsp3) is 0.647. The van der Waals surface area contributed by atoms with Crippen LogP contribution in [0.3, 0.4) is 0 Å². The van der Waals surface area contributed by atoms with Gasteiger partial charge in [0.05, 0.1) is 18.3 Å². The van der Waals surface area contributed by atoms with Gasteiger partial charge in [0.2, 0.25) is 5.91 Å². The molecule has 3 rings (SSSR count). The van der Waals surface area contributed by atoms with Crippen LogP contribution in [-0.4, -0.2) is 42.6 Å². The predicted molar refractivity (Wildman–Crippen MR) is 90.8 cm³/mol. The number of morpholine rings is 1. The first kappa shape index (κ1) is 16.4. The molecular formula is C17H23N3O2S. The smallest absolute Gasteiger partial charge is 0.226 e. The van der Waals surface area contributed by atoms with Crippen LogP contribution in [0.5, 0.6) is 0 Å². The molecule has 2 aliphatic rings. The van der Waals surface area contributed by atoms with Crippen LogP contribution in [-0.2, 0) is 22.4 Å². The quantitative estimate of drug-likeness (QED) is 0.919. The summed E-state index contributed by atoms with van der Waals surface area (Å²) in [5.41, 5.74) is 1.84. The first-order valence-electron chi connectivity index (χ1n) is 8.28. The number of nitriles is 1. The predicted octanol–water partition coefficient (Wildman–Crippen LogP) is 2.55. The van der Waals surface area contributed by atoms with E-state index in [2.05, 4.69) is 30.1 Å². The van der Waals surface area contributed by atoms with Gasteiger partial charge in [-0.25, -0.2) is 0 Å². The summed E-state index contributed by atoms with van der Waals surface area (Å²) < 4.78 is 5.61. The topological polar surface area (TPSA) is 65.4 Å². The first-order chi connectivity index (χ1) is 11.1. The Labute approximate surface area is 141 Å². The molecule has 1 amide bonds. The van der Waals surface area contributed by atoms with E-state index < -0.39 is 0 Å². The summed E-state index contributed by atoms with van der Waals surface area (Å²) in [7, 11) is 0. The molecule has 1 fully saturated rings. The number of ether oxygens (including phenoxy) is 1. The maximum absolute atomic E-state index is 12.3. The molecule has 0 radical (unpaired) electrons. The number of nitrogens with one attached hydrogen (secondary N) is 1. The Morgan fingerprint density at radius 2 is 2.30 bits per heavy atom. The van der Waals surface area contributed by atoms with E-state index in [1.807, 2.05) is 0 Å². The van der Waals surface area contributed by atoms with Crippen LogP contribution >= 0.6 is 11.3 Å². The molecule has 1 aliphatic carbocycles. The Bertz CT molecular complexity index is 635. The second-order valence-corrected chi connectivity index (χ2v) is 7.56. The van der Waals surface area contributed by atoms with Crippen LogP contribution in [0.4, 0.5) is 5.00 Å². The molecule has 0 aromatic carbocycles. The monoisotopic (exact) mass is 333 g/mol. The van der Waals surface area contributed by atoms with Gasteiger partial charge in [0.25, 0.3) is 0 Å². The van der Waals surface area contributed by atoms with Crippen molar-refractivity contribution in [1.29, 1.82) is 5.26 Å². The lowest BCUT2D eigenvalue weighted by atomic mass is 10.1. The number of carbonyl (C=O) groups is 1. The number of carbonyl (C=O) groups excluding carboxylic acids is 1. The maximum atomic E-state index is 12.3. The summed E-state index contributed by atoms with van der Waals surface area (Å²) in [6.07, 6.45) is 3.79. The van der Waals surface area contributed by atoms with Crippen molar-refractivity contribution in [3.05, 3.63) is 16.0 Å². The minimum Gasteiger partial charge on any atom is -0.376 e. The number of hydrogen-bond donors (Lipinski definition) is 1. The Kier molecular flexibility index (Phi) is 5.00. The number of aryl methyl sites for hydroxylation is 1. The summed E-state index contributed by atoms with van der Waals surface area (Å²) in [6.45, 7) is 6.50.